The summed E-state index contributed by atoms with van der Waals surface area (Å²) in [5.41, 5.74) is 2.01. The molecule has 23 heavy (non-hydrogen) atoms. The molecule has 1 amide bonds. The minimum Gasteiger partial charge on any atom is -0.444 e. The van der Waals surface area contributed by atoms with Crippen LogP contribution in [-0.2, 0) is 4.74 Å². The number of nitrogens with zero attached hydrogens (tertiary/aromatic N) is 2. The van der Waals surface area contributed by atoms with Gasteiger partial charge in [0.25, 0.3) is 0 Å². The van der Waals surface area contributed by atoms with Crippen LogP contribution < -0.4 is 0 Å². The van der Waals surface area contributed by atoms with E-state index >= 15 is 0 Å². The highest BCUT2D eigenvalue weighted by Crippen LogP contribution is 2.22. The van der Waals surface area contributed by atoms with E-state index in [1.807, 2.05) is 60.6 Å². The molecule has 0 spiro atoms. The number of carbonyl (C=O) groups is 1. The molecular weight excluding hydrogens is 288 g/mol. The number of hydrogen-bond acceptors (Lipinski definition) is 3. The first-order valence-corrected chi connectivity index (χ1v) is 8.53. The Kier molecular flexibility index (Phi) is 9.95. The molecule has 1 aromatic rings. The number of aromatic nitrogens is 1. The van der Waals surface area contributed by atoms with Crippen molar-refractivity contribution in [1.82, 2.24) is 9.88 Å². The quantitative estimate of drug-likeness (QED) is 0.718. The van der Waals surface area contributed by atoms with Crippen molar-refractivity contribution in [2.45, 2.75) is 60.5 Å². The van der Waals surface area contributed by atoms with E-state index in [2.05, 4.69) is 11.1 Å². The highest BCUT2D eigenvalue weighted by atomic mass is 16.6. The number of hydrogen-bond donors (Lipinski definition) is 0. The third kappa shape index (κ3) is 7.82. The molecule has 0 atom stereocenters. The summed E-state index contributed by atoms with van der Waals surface area (Å²) in [5.74, 6) is 0. The lowest BCUT2D eigenvalue weighted by molar-refractivity contribution is 0.0270. The van der Waals surface area contributed by atoms with Crippen molar-refractivity contribution in [2.24, 2.45) is 0 Å². The van der Waals surface area contributed by atoms with Gasteiger partial charge in [-0.05, 0) is 50.5 Å². The van der Waals surface area contributed by atoms with Gasteiger partial charge in [0.1, 0.15) is 5.60 Å². The number of pyridine rings is 1. The zero-order valence-corrected chi connectivity index (χ0v) is 15.7. The maximum atomic E-state index is 11.9. The van der Waals surface area contributed by atoms with E-state index in [0.717, 1.165) is 6.42 Å². The smallest absolute Gasteiger partial charge is 0.410 e. The molecule has 2 rings (SSSR count). The van der Waals surface area contributed by atoms with Gasteiger partial charge in [0.15, 0.2) is 0 Å². The van der Waals surface area contributed by atoms with Gasteiger partial charge in [-0.1, -0.05) is 33.8 Å². The van der Waals surface area contributed by atoms with Crippen molar-refractivity contribution in [3.63, 3.8) is 0 Å². The first-order valence-electron chi connectivity index (χ1n) is 8.53. The second-order valence-corrected chi connectivity index (χ2v) is 5.64. The third-order valence-corrected chi connectivity index (χ3v) is 2.91. The van der Waals surface area contributed by atoms with Gasteiger partial charge < -0.3 is 9.64 Å². The summed E-state index contributed by atoms with van der Waals surface area (Å²) in [7, 11) is 0. The van der Waals surface area contributed by atoms with Crippen LogP contribution in [0.1, 0.15) is 60.5 Å². The first kappa shape index (κ1) is 21.2. The fourth-order valence-electron chi connectivity index (χ4n) is 1.99. The molecule has 0 N–H and O–H groups in total. The molecular formula is C19H32N2O2. The van der Waals surface area contributed by atoms with E-state index < -0.39 is 5.60 Å². The molecule has 0 aliphatic carbocycles. The SMILES string of the molecule is CC.CC.CC(C)(C)OC(=O)N1CC=C(c2ccncc2)CC1. The molecule has 4 heteroatoms. The van der Waals surface area contributed by atoms with Gasteiger partial charge in [0.2, 0.25) is 0 Å². The average Bonchev–Trinajstić information content (AvgIpc) is 2.58. The Labute approximate surface area is 141 Å². The summed E-state index contributed by atoms with van der Waals surface area (Å²) in [5, 5.41) is 0. The molecule has 0 saturated carbocycles. The maximum absolute atomic E-state index is 11.9. The van der Waals surface area contributed by atoms with Crippen LogP contribution in [0.25, 0.3) is 5.57 Å². The molecule has 1 aliphatic heterocycles. The Morgan fingerprint density at radius 1 is 1.13 bits per heavy atom. The van der Waals surface area contributed by atoms with Crippen LogP contribution in [0.3, 0.4) is 0 Å². The van der Waals surface area contributed by atoms with Gasteiger partial charge in [0.05, 0.1) is 0 Å². The van der Waals surface area contributed by atoms with Crippen LogP contribution in [0.2, 0.25) is 0 Å². The third-order valence-electron chi connectivity index (χ3n) is 2.91. The standard InChI is InChI=1S/C15H20N2O2.2C2H6/c1-15(2,3)19-14(18)17-10-6-13(7-11-17)12-4-8-16-9-5-12;2*1-2/h4-6,8-9H,7,10-11H2,1-3H3;2*1-2H3. The summed E-state index contributed by atoms with van der Waals surface area (Å²) >= 11 is 0. The minimum absolute atomic E-state index is 0.238. The van der Waals surface area contributed by atoms with Crippen LogP contribution in [0.5, 0.6) is 0 Å². The van der Waals surface area contributed by atoms with E-state index in [-0.39, 0.29) is 6.09 Å². The Bertz CT molecular complexity index is 476. The van der Waals surface area contributed by atoms with Crippen molar-refractivity contribution in [3.8, 4) is 0 Å². The molecule has 0 saturated heterocycles. The second-order valence-electron chi connectivity index (χ2n) is 5.64. The lowest BCUT2D eigenvalue weighted by Gasteiger charge is -2.29. The highest BCUT2D eigenvalue weighted by Gasteiger charge is 2.23. The van der Waals surface area contributed by atoms with Crippen molar-refractivity contribution in [3.05, 3.63) is 36.2 Å². The molecule has 4 nitrogen and oxygen atoms in total. The fourth-order valence-corrected chi connectivity index (χ4v) is 1.99. The van der Waals surface area contributed by atoms with E-state index in [4.69, 9.17) is 4.74 Å². The zero-order chi connectivity index (χ0) is 17.9. The fraction of sp³-hybridized carbons (Fsp3) is 0.579. The van der Waals surface area contributed by atoms with Gasteiger partial charge in [-0.25, -0.2) is 4.79 Å². The molecule has 0 fully saturated rings. The van der Waals surface area contributed by atoms with Gasteiger partial charge in [-0.2, -0.15) is 0 Å². The Hall–Kier alpha value is -1.84. The van der Waals surface area contributed by atoms with E-state index in [0.29, 0.717) is 13.1 Å². The summed E-state index contributed by atoms with van der Waals surface area (Å²) in [6.45, 7) is 14.9. The van der Waals surface area contributed by atoms with Crippen LogP contribution >= 0.6 is 0 Å². The lowest BCUT2D eigenvalue weighted by Crippen LogP contribution is -2.39. The second kappa shape index (κ2) is 10.8. The molecule has 0 unspecified atom stereocenters. The molecule has 0 radical (unpaired) electrons. The molecule has 1 aromatic heterocycles. The van der Waals surface area contributed by atoms with Crippen molar-refractivity contribution in [2.75, 3.05) is 13.1 Å². The van der Waals surface area contributed by atoms with E-state index in [9.17, 15) is 4.79 Å². The van der Waals surface area contributed by atoms with Crippen LogP contribution in [0.15, 0.2) is 30.6 Å². The summed E-state index contributed by atoms with van der Waals surface area (Å²) in [6, 6.07) is 3.99. The van der Waals surface area contributed by atoms with E-state index in [1.54, 1.807) is 17.3 Å². The van der Waals surface area contributed by atoms with Crippen LogP contribution in [0.4, 0.5) is 4.79 Å². The molecule has 0 bridgehead atoms. The zero-order valence-electron chi connectivity index (χ0n) is 15.7. The topological polar surface area (TPSA) is 42.4 Å². The van der Waals surface area contributed by atoms with Crippen molar-refractivity contribution in [1.29, 1.82) is 0 Å². The minimum atomic E-state index is -0.438. The van der Waals surface area contributed by atoms with Gasteiger partial charge in [-0.15, -0.1) is 0 Å². The molecule has 130 valence electrons. The van der Waals surface area contributed by atoms with E-state index in [1.165, 1.54) is 11.1 Å². The van der Waals surface area contributed by atoms with Gasteiger partial charge in [-0.3, -0.25) is 4.98 Å². The summed E-state index contributed by atoms with van der Waals surface area (Å²) < 4.78 is 5.37. The average molecular weight is 320 g/mol. The Morgan fingerprint density at radius 2 is 1.70 bits per heavy atom. The first-order chi connectivity index (χ1) is 11.0. The van der Waals surface area contributed by atoms with Gasteiger partial charge in [0, 0.05) is 25.5 Å². The molecule has 1 aliphatic rings. The monoisotopic (exact) mass is 320 g/mol. The number of carbonyl (C=O) groups excluding carboxylic acids is 1. The number of ether oxygens (including phenoxy) is 1. The Balaban J connectivity index is 0.00000112. The number of rotatable bonds is 1. The largest absolute Gasteiger partial charge is 0.444 e. The van der Waals surface area contributed by atoms with Crippen LogP contribution in [0, 0.1) is 0 Å². The van der Waals surface area contributed by atoms with Crippen LogP contribution in [-0.4, -0.2) is 34.7 Å². The molecule has 0 aromatic carbocycles. The summed E-state index contributed by atoms with van der Waals surface area (Å²) in [6.07, 6.45) is 6.27. The summed E-state index contributed by atoms with van der Waals surface area (Å²) in [4.78, 5) is 17.7. The predicted octanol–water partition coefficient (Wildman–Crippen LogP) is 5.16. The van der Waals surface area contributed by atoms with Crippen molar-refractivity contribution < 1.29 is 9.53 Å². The maximum Gasteiger partial charge on any atom is 0.410 e. The predicted molar refractivity (Wildman–Crippen MR) is 97.3 cm³/mol. The Morgan fingerprint density at radius 3 is 2.13 bits per heavy atom. The normalized spacial score (nSPS) is 13.7. The highest BCUT2D eigenvalue weighted by molar-refractivity contribution is 5.72. The van der Waals surface area contributed by atoms with Crippen molar-refractivity contribution >= 4 is 11.7 Å². The lowest BCUT2D eigenvalue weighted by atomic mass is 10.0. The number of amides is 1. The van der Waals surface area contributed by atoms with Gasteiger partial charge >= 0.3 is 6.09 Å². The molecule has 2 heterocycles.